The summed E-state index contributed by atoms with van der Waals surface area (Å²) in [6.45, 7) is 10.3. The van der Waals surface area contributed by atoms with E-state index in [1.807, 2.05) is 20.8 Å². The highest BCUT2D eigenvalue weighted by Gasteiger charge is 2.39. The van der Waals surface area contributed by atoms with E-state index in [-0.39, 0.29) is 24.2 Å². The van der Waals surface area contributed by atoms with Crippen molar-refractivity contribution in [2.24, 2.45) is 11.1 Å². The van der Waals surface area contributed by atoms with Gasteiger partial charge in [0.25, 0.3) is 0 Å². The first kappa shape index (κ1) is 16.2. The fourth-order valence-corrected chi connectivity index (χ4v) is 2.44. The van der Waals surface area contributed by atoms with E-state index < -0.39 is 11.6 Å². The molecule has 0 aliphatic carbocycles. The average molecular weight is 272 g/mol. The van der Waals surface area contributed by atoms with Gasteiger partial charge in [0, 0.05) is 12.6 Å². The van der Waals surface area contributed by atoms with E-state index in [0.717, 1.165) is 12.8 Å². The largest absolute Gasteiger partial charge is 0.444 e. The standard InChI is InChI=1S/C14H28N2O3/c1-13(2,3)19-12(18)16-9-14(4,5)7-6-11(16)10(15)8-17/h10-11,17H,6-9,15H2,1-5H3/t10-,11?/m1/s1. The zero-order valence-corrected chi connectivity index (χ0v) is 12.8. The van der Waals surface area contributed by atoms with Crippen molar-refractivity contribution >= 4 is 6.09 Å². The Kier molecular flexibility index (Phi) is 4.85. The molecule has 2 atom stereocenters. The van der Waals surface area contributed by atoms with Gasteiger partial charge in [-0.25, -0.2) is 4.79 Å². The van der Waals surface area contributed by atoms with Crippen LogP contribution in [0.2, 0.25) is 0 Å². The molecule has 1 heterocycles. The predicted octanol–water partition coefficient (Wildman–Crippen LogP) is 1.73. The van der Waals surface area contributed by atoms with Crippen LogP contribution in [0.25, 0.3) is 0 Å². The molecule has 1 amide bonds. The van der Waals surface area contributed by atoms with Gasteiger partial charge in [0.15, 0.2) is 0 Å². The second-order valence-corrected chi connectivity index (χ2v) is 7.22. The van der Waals surface area contributed by atoms with Crippen LogP contribution in [-0.4, -0.2) is 46.9 Å². The van der Waals surface area contributed by atoms with Crippen molar-refractivity contribution in [2.75, 3.05) is 13.2 Å². The first-order valence-electron chi connectivity index (χ1n) is 6.92. The predicted molar refractivity (Wildman–Crippen MR) is 74.8 cm³/mol. The number of ether oxygens (including phenoxy) is 1. The van der Waals surface area contributed by atoms with Crippen LogP contribution in [0.3, 0.4) is 0 Å². The maximum absolute atomic E-state index is 12.3. The zero-order chi connectivity index (χ0) is 14.8. The van der Waals surface area contributed by atoms with Gasteiger partial charge in [-0.3, -0.25) is 0 Å². The molecule has 0 aromatic carbocycles. The van der Waals surface area contributed by atoms with E-state index >= 15 is 0 Å². The molecule has 3 N–H and O–H groups in total. The van der Waals surface area contributed by atoms with Crippen molar-refractivity contribution in [1.29, 1.82) is 0 Å². The summed E-state index contributed by atoms with van der Waals surface area (Å²) >= 11 is 0. The number of likely N-dealkylation sites (tertiary alicyclic amines) is 1. The van der Waals surface area contributed by atoms with Crippen molar-refractivity contribution < 1.29 is 14.6 Å². The molecule has 112 valence electrons. The van der Waals surface area contributed by atoms with Crippen LogP contribution < -0.4 is 5.73 Å². The van der Waals surface area contributed by atoms with Gasteiger partial charge in [-0.1, -0.05) is 13.8 Å². The van der Waals surface area contributed by atoms with Gasteiger partial charge in [0.05, 0.1) is 12.6 Å². The van der Waals surface area contributed by atoms with Crippen LogP contribution in [0.5, 0.6) is 0 Å². The molecule has 1 unspecified atom stereocenters. The molecule has 1 aliphatic heterocycles. The van der Waals surface area contributed by atoms with E-state index in [9.17, 15) is 9.90 Å². The smallest absolute Gasteiger partial charge is 0.410 e. The number of carbonyl (C=O) groups excluding carboxylic acids is 1. The van der Waals surface area contributed by atoms with Crippen LogP contribution in [0, 0.1) is 5.41 Å². The molecular weight excluding hydrogens is 244 g/mol. The van der Waals surface area contributed by atoms with Gasteiger partial charge in [-0.15, -0.1) is 0 Å². The number of aliphatic hydroxyl groups is 1. The summed E-state index contributed by atoms with van der Waals surface area (Å²) in [4.78, 5) is 14.0. The molecular formula is C14H28N2O3. The molecule has 0 radical (unpaired) electrons. The summed E-state index contributed by atoms with van der Waals surface area (Å²) in [6, 6.07) is -0.559. The second-order valence-electron chi connectivity index (χ2n) is 7.22. The van der Waals surface area contributed by atoms with Crippen LogP contribution in [0.15, 0.2) is 0 Å². The number of nitrogens with two attached hydrogens (primary N) is 1. The Morgan fingerprint density at radius 3 is 2.58 bits per heavy atom. The van der Waals surface area contributed by atoms with E-state index in [4.69, 9.17) is 10.5 Å². The van der Waals surface area contributed by atoms with E-state index in [1.165, 1.54) is 0 Å². The third-order valence-corrected chi connectivity index (χ3v) is 3.45. The van der Waals surface area contributed by atoms with Gasteiger partial charge in [0.1, 0.15) is 5.60 Å². The third-order valence-electron chi connectivity index (χ3n) is 3.45. The normalized spacial score (nSPS) is 25.0. The summed E-state index contributed by atoms with van der Waals surface area (Å²) in [5.41, 5.74) is 5.47. The van der Waals surface area contributed by atoms with Crippen molar-refractivity contribution in [3.63, 3.8) is 0 Å². The molecule has 1 rings (SSSR count). The van der Waals surface area contributed by atoms with Crippen molar-refractivity contribution in [1.82, 2.24) is 4.90 Å². The molecule has 1 saturated heterocycles. The number of hydrogen-bond donors (Lipinski definition) is 2. The van der Waals surface area contributed by atoms with Crippen LogP contribution >= 0.6 is 0 Å². The molecule has 0 aromatic heterocycles. The molecule has 19 heavy (non-hydrogen) atoms. The van der Waals surface area contributed by atoms with Gasteiger partial charge < -0.3 is 20.5 Å². The van der Waals surface area contributed by atoms with E-state index in [0.29, 0.717) is 6.54 Å². The van der Waals surface area contributed by atoms with Gasteiger partial charge in [0.2, 0.25) is 0 Å². The number of carbonyl (C=O) groups is 1. The summed E-state index contributed by atoms with van der Waals surface area (Å²) in [6.07, 6.45) is 1.45. The summed E-state index contributed by atoms with van der Waals surface area (Å²) in [7, 11) is 0. The Balaban J connectivity index is 2.85. The maximum atomic E-state index is 12.3. The lowest BCUT2D eigenvalue weighted by molar-refractivity contribution is -0.0148. The summed E-state index contributed by atoms with van der Waals surface area (Å²) in [5.74, 6) is 0. The Hall–Kier alpha value is -0.810. The first-order valence-corrected chi connectivity index (χ1v) is 6.92. The highest BCUT2D eigenvalue weighted by Crippen LogP contribution is 2.33. The van der Waals surface area contributed by atoms with Crippen LogP contribution in [0.4, 0.5) is 4.79 Å². The molecule has 0 aromatic rings. The summed E-state index contributed by atoms with van der Waals surface area (Å²) < 4.78 is 5.45. The molecule has 0 bridgehead atoms. The monoisotopic (exact) mass is 272 g/mol. The van der Waals surface area contributed by atoms with Crippen LogP contribution in [0.1, 0.15) is 47.5 Å². The molecule has 1 fully saturated rings. The van der Waals surface area contributed by atoms with Gasteiger partial charge in [-0.05, 0) is 39.0 Å². The van der Waals surface area contributed by atoms with E-state index in [2.05, 4.69) is 13.8 Å². The minimum absolute atomic E-state index is 0.0581. The van der Waals surface area contributed by atoms with Gasteiger partial charge in [-0.2, -0.15) is 0 Å². The SMILES string of the molecule is CC1(C)CCC([C@H](N)CO)N(C(=O)OC(C)(C)C)C1. The number of hydrogen-bond acceptors (Lipinski definition) is 4. The Morgan fingerprint density at radius 1 is 1.53 bits per heavy atom. The quantitative estimate of drug-likeness (QED) is 0.802. The molecule has 5 nitrogen and oxygen atoms in total. The lowest BCUT2D eigenvalue weighted by atomic mass is 9.80. The Labute approximate surface area is 116 Å². The average Bonchev–Trinajstić information content (AvgIpc) is 2.24. The minimum Gasteiger partial charge on any atom is -0.444 e. The number of aliphatic hydroxyl groups excluding tert-OH is 1. The molecule has 0 spiro atoms. The number of rotatable bonds is 2. The minimum atomic E-state index is -0.521. The molecule has 0 saturated carbocycles. The number of nitrogens with zero attached hydrogens (tertiary/aromatic N) is 1. The molecule has 1 aliphatic rings. The fraction of sp³-hybridized carbons (Fsp3) is 0.929. The lowest BCUT2D eigenvalue weighted by Gasteiger charge is -2.45. The first-order chi connectivity index (χ1) is 8.56. The van der Waals surface area contributed by atoms with Crippen molar-refractivity contribution in [2.45, 2.75) is 65.1 Å². The maximum Gasteiger partial charge on any atom is 0.410 e. The van der Waals surface area contributed by atoms with Gasteiger partial charge >= 0.3 is 6.09 Å². The van der Waals surface area contributed by atoms with Crippen molar-refractivity contribution in [3.05, 3.63) is 0 Å². The second kappa shape index (κ2) is 5.67. The van der Waals surface area contributed by atoms with E-state index in [1.54, 1.807) is 4.90 Å². The third kappa shape index (κ3) is 4.66. The fourth-order valence-electron chi connectivity index (χ4n) is 2.44. The lowest BCUT2D eigenvalue weighted by Crippen LogP contribution is -2.58. The van der Waals surface area contributed by atoms with Crippen LogP contribution in [-0.2, 0) is 4.74 Å². The highest BCUT2D eigenvalue weighted by atomic mass is 16.6. The Morgan fingerprint density at radius 2 is 2.11 bits per heavy atom. The topological polar surface area (TPSA) is 75.8 Å². The summed E-state index contributed by atoms with van der Waals surface area (Å²) in [5, 5.41) is 9.25. The zero-order valence-electron chi connectivity index (χ0n) is 12.8. The number of amides is 1. The Bertz CT molecular complexity index is 323. The molecule has 5 heteroatoms. The number of piperidine rings is 1. The highest BCUT2D eigenvalue weighted by molar-refractivity contribution is 5.69. The van der Waals surface area contributed by atoms with Crippen molar-refractivity contribution in [3.8, 4) is 0 Å².